The normalized spacial score (nSPS) is 12.4. The van der Waals surface area contributed by atoms with Crippen LogP contribution in [0.15, 0.2) is 41.5 Å². The lowest BCUT2D eigenvalue weighted by Gasteiger charge is -2.26. The molecule has 0 saturated carbocycles. The predicted octanol–water partition coefficient (Wildman–Crippen LogP) is 2.40. The van der Waals surface area contributed by atoms with Gasteiger partial charge in [-0.05, 0) is 44.8 Å². The molecule has 2 aromatic rings. The number of likely N-dealkylation sites (N-methyl/N-ethyl adjacent to an activating group) is 1. The van der Waals surface area contributed by atoms with Crippen molar-refractivity contribution in [2.75, 3.05) is 34.3 Å². The summed E-state index contributed by atoms with van der Waals surface area (Å²) < 4.78 is 7.20. The molecule has 27 heavy (non-hydrogen) atoms. The summed E-state index contributed by atoms with van der Waals surface area (Å²) in [4.78, 5) is 6.85. The van der Waals surface area contributed by atoms with Crippen molar-refractivity contribution in [3.8, 4) is 5.75 Å². The van der Waals surface area contributed by atoms with Gasteiger partial charge in [-0.2, -0.15) is 5.10 Å². The van der Waals surface area contributed by atoms with Gasteiger partial charge >= 0.3 is 0 Å². The summed E-state index contributed by atoms with van der Waals surface area (Å²) in [5.41, 5.74) is 2.27. The number of nitrogens with one attached hydrogen (secondary N) is 2. The highest BCUT2D eigenvalue weighted by molar-refractivity contribution is 14.0. The molecule has 0 amide bonds. The third kappa shape index (κ3) is 7.02. The molecule has 1 atom stereocenters. The van der Waals surface area contributed by atoms with E-state index in [-0.39, 0.29) is 30.0 Å². The van der Waals surface area contributed by atoms with E-state index in [2.05, 4.69) is 58.8 Å². The molecule has 1 heterocycles. The van der Waals surface area contributed by atoms with Crippen LogP contribution >= 0.6 is 24.0 Å². The Morgan fingerprint density at radius 1 is 1.30 bits per heavy atom. The molecule has 0 aliphatic rings. The Morgan fingerprint density at radius 2 is 2.07 bits per heavy atom. The van der Waals surface area contributed by atoms with Gasteiger partial charge in [0.2, 0.25) is 0 Å². The first-order valence-electron chi connectivity index (χ1n) is 8.84. The second-order valence-electron chi connectivity index (χ2n) is 6.28. The van der Waals surface area contributed by atoms with E-state index in [9.17, 15) is 0 Å². The molecule has 7 nitrogen and oxygen atoms in total. The standard InChI is InChI=1S/C19H30N6O.HI/c1-6-20-19(21-13-16-10-11-23-25(16)4)22-14-18(24(2)3)15-8-7-9-17(12-15)26-5;/h7-12,18H,6,13-14H2,1-5H3,(H2,20,21,22);1H. The van der Waals surface area contributed by atoms with Gasteiger partial charge in [0.25, 0.3) is 0 Å². The zero-order valence-electron chi connectivity index (χ0n) is 16.8. The molecule has 0 bridgehead atoms. The summed E-state index contributed by atoms with van der Waals surface area (Å²) in [7, 11) is 7.77. The summed E-state index contributed by atoms with van der Waals surface area (Å²) in [6, 6.07) is 10.4. The molecule has 0 spiro atoms. The number of halogens is 1. The van der Waals surface area contributed by atoms with E-state index >= 15 is 0 Å². The van der Waals surface area contributed by atoms with Crippen LogP contribution in [0.2, 0.25) is 0 Å². The number of rotatable bonds is 8. The molecule has 0 fully saturated rings. The van der Waals surface area contributed by atoms with E-state index in [1.807, 2.05) is 29.9 Å². The second-order valence-corrected chi connectivity index (χ2v) is 6.28. The number of hydrogen-bond acceptors (Lipinski definition) is 4. The van der Waals surface area contributed by atoms with Gasteiger partial charge in [-0.15, -0.1) is 24.0 Å². The van der Waals surface area contributed by atoms with Gasteiger partial charge in [-0.1, -0.05) is 12.1 Å². The molecule has 0 aliphatic carbocycles. The fraction of sp³-hybridized carbons (Fsp3) is 0.474. The van der Waals surface area contributed by atoms with Crippen LogP contribution in [-0.4, -0.2) is 54.9 Å². The molecule has 0 aliphatic heterocycles. The summed E-state index contributed by atoms with van der Waals surface area (Å²) in [6.45, 7) is 4.19. The van der Waals surface area contributed by atoms with E-state index < -0.39 is 0 Å². The number of aromatic nitrogens is 2. The van der Waals surface area contributed by atoms with Crippen LogP contribution in [0.3, 0.4) is 0 Å². The zero-order valence-corrected chi connectivity index (χ0v) is 19.1. The van der Waals surface area contributed by atoms with Gasteiger partial charge in [0.1, 0.15) is 5.75 Å². The minimum Gasteiger partial charge on any atom is -0.497 e. The largest absolute Gasteiger partial charge is 0.497 e. The third-order valence-electron chi connectivity index (χ3n) is 4.23. The maximum absolute atomic E-state index is 5.36. The van der Waals surface area contributed by atoms with Crippen molar-refractivity contribution in [2.45, 2.75) is 19.5 Å². The average Bonchev–Trinajstić information content (AvgIpc) is 3.04. The lowest BCUT2D eigenvalue weighted by Crippen LogP contribution is -2.41. The van der Waals surface area contributed by atoms with Crippen molar-refractivity contribution < 1.29 is 4.74 Å². The molecule has 150 valence electrons. The van der Waals surface area contributed by atoms with E-state index in [1.165, 1.54) is 5.56 Å². The van der Waals surface area contributed by atoms with Crippen LogP contribution in [0.4, 0.5) is 0 Å². The molecular formula is C19H31IN6O. The monoisotopic (exact) mass is 486 g/mol. The number of benzene rings is 1. The molecule has 0 saturated heterocycles. The van der Waals surface area contributed by atoms with E-state index in [0.717, 1.165) is 30.5 Å². The number of guanidine groups is 1. The smallest absolute Gasteiger partial charge is 0.191 e. The Kier molecular flexibility index (Phi) is 10.2. The molecule has 1 unspecified atom stereocenters. The molecule has 2 N–H and O–H groups in total. The van der Waals surface area contributed by atoms with Gasteiger partial charge in [0.15, 0.2) is 5.96 Å². The molecule has 8 heteroatoms. The third-order valence-corrected chi connectivity index (χ3v) is 4.23. The number of nitrogens with zero attached hydrogens (tertiary/aromatic N) is 4. The molecule has 2 rings (SSSR count). The SMILES string of the molecule is CCNC(=NCc1ccnn1C)NCC(c1cccc(OC)c1)N(C)C.I. The molecule has 1 aromatic carbocycles. The summed E-state index contributed by atoms with van der Waals surface area (Å²) >= 11 is 0. The van der Waals surface area contributed by atoms with Crippen LogP contribution in [0, 0.1) is 0 Å². The predicted molar refractivity (Wildman–Crippen MR) is 121 cm³/mol. The zero-order chi connectivity index (χ0) is 18.9. The van der Waals surface area contributed by atoms with Crippen LogP contribution in [0.5, 0.6) is 5.75 Å². The molecule has 0 radical (unpaired) electrons. The Hall–Kier alpha value is -1.81. The van der Waals surface area contributed by atoms with Crippen molar-refractivity contribution in [2.24, 2.45) is 12.0 Å². The summed E-state index contributed by atoms with van der Waals surface area (Å²) in [5.74, 6) is 1.66. The van der Waals surface area contributed by atoms with Crippen LogP contribution < -0.4 is 15.4 Å². The van der Waals surface area contributed by atoms with E-state index in [4.69, 9.17) is 4.74 Å². The molecule has 1 aromatic heterocycles. The number of ether oxygens (including phenoxy) is 1. The van der Waals surface area contributed by atoms with Crippen molar-refractivity contribution >= 4 is 29.9 Å². The maximum atomic E-state index is 5.36. The first kappa shape index (κ1) is 23.2. The van der Waals surface area contributed by atoms with Crippen LogP contribution in [0.25, 0.3) is 0 Å². The first-order chi connectivity index (χ1) is 12.5. The highest BCUT2D eigenvalue weighted by atomic mass is 127. The van der Waals surface area contributed by atoms with Gasteiger partial charge < -0.3 is 20.3 Å². The Labute approximate surface area is 179 Å². The quantitative estimate of drug-likeness (QED) is 0.341. The average molecular weight is 486 g/mol. The lowest BCUT2D eigenvalue weighted by atomic mass is 10.1. The fourth-order valence-electron chi connectivity index (χ4n) is 2.70. The minimum absolute atomic E-state index is 0. The van der Waals surface area contributed by atoms with Crippen molar-refractivity contribution in [1.29, 1.82) is 0 Å². The number of aryl methyl sites for hydroxylation is 1. The van der Waals surface area contributed by atoms with Gasteiger partial charge in [0, 0.05) is 26.3 Å². The minimum atomic E-state index is 0. The lowest BCUT2D eigenvalue weighted by molar-refractivity contribution is 0.297. The van der Waals surface area contributed by atoms with Crippen LogP contribution in [-0.2, 0) is 13.6 Å². The topological polar surface area (TPSA) is 66.7 Å². The fourth-order valence-corrected chi connectivity index (χ4v) is 2.70. The van der Waals surface area contributed by atoms with Gasteiger partial charge in [0.05, 0.1) is 25.4 Å². The van der Waals surface area contributed by atoms with Gasteiger partial charge in [-0.3, -0.25) is 4.68 Å². The Balaban J connectivity index is 0.00000364. The highest BCUT2D eigenvalue weighted by Gasteiger charge is 2.15. The van der Waals surface area contributed by atoms with Crippen LogP contribution in [0.1, 0.15) is 24.2 Å². The van der Waals surface area contributed by atoms with Crippen molar-refractivity contribution in [1.82, 2.24) is 25.3 Å². The molecular weight excluding hydrogens is 455 g/mol. The number of methoxy groups -OCH3 is 1. The second kappa shape index (κ2) is 11.8. The number of aliphatic imine (C=N–C) groups is 1. The van der Waals surface area contributed by atoms with Crippen molar-refractivity contribution in [3.63, 3.8) is 0 Å². The summed E-state index contributed by atoms with van der Waals surface area (Å²) in [6.07, 6.45) is 1.79. The number of hydrogen-bond donors (Lipinski definition) is 2. The van der Waals surface area contributed by atoms with Crippen molar-refractivity contribution in [3.05, 3.63) is 47.8 Å². The maximum Gasteiger partial charge on any atom is 0.191 e. The Bertz CT molecular complexity index is 716. The summed E-state index contributed by atoms with van der Waals surface area (Å²) in [5, 5.41) is 10.9. The first-order valence-corrected chi connectivity index (χ1v) is 8.84. The highest BCUT2D eigenvalue weighted by Crippen LogP contribution is 2.22. The van der Waals surface area contributed by atoms with E-state index in [0.29, 0.717) is 6.54 Å². The Morgan fingerprint density at radius 3 is 2.67 bits per heavy atom. The van der Waals surface area contributed by atoms with E-state index in [1.54, 1.807) is 13.3 Å². The van der Waals surface area contributed by atoms with Gasteiger partial charge in [-0.25, -0.2) is 4.99 Å².